The highest BCUT2D eigenvalue weighted by atomic mass is 16.3. The van der Waals surface area contributed by atoms with E-state index >= 15 is 0 Å². The maximum Gasteiger partial charge on any atom is 0.258 e. The summed E-state index contributed by atoms with van der Waals surface area (Å²) in [7, 11) is 6.71. The van der Waals surface area contributed by atoms with Crippen molar-refractivity contribution in [3.8, 4) is 0 Å². The highest BCUT2D eigenvalue weighted by Gasteiger charge is 2.59. The van der Waals surface area contributed by atoms with Crippen molar-refractivity contribution in [1.82, 2.24) is 28.7 Å². The number of pyridine rings is 2. The maximum atomic E-state index is 13.3. The molecular weight excluding hydrogens is 741 g/mol. The Balaban J connectivity index is 0.000000177. The Morgan fingerprint density at radius 2 is 1.00 bits per heavy atom. The molecule has 0 unspecified atom stereocenters. The molecule has 4 aliphatic heterocycles. The van der Waals surface area contributed by atoms with Crippen LogP contribution >= 0.6 is 0 Å². The Morgan fingerprint density at radius 3 is 1.29 bits per heavy atom. The van der Waals surface area contributed by atoms with Gasteiger partial charge in [-0.1, -0.05) is 24.3 Å². The Hall–Kier alpha value is -4.82. The van der Waals surface area contributed by atoms with Gasteiger partial charge in [0.25, 0.3) is 11.1 Å². The molecule has 4 fully saturated rings. The van der Waals surface area contributed by atoms with Gasteiger partial charge in [-0.3, -0.25) is 28.8 Å². The molecule has 58 heavy (non-hydrogen) atoms. The van der Waals surface area contributed by atoms with Gasteiger partial charge in [-0.25, -0.2) is 0 Å². The number of likely N-dealkylation sites (tertiary alicyclic amines) is 2. The van der Waals surface area contributed by atoms with E-state index in [0.29, 0.717) is 48.9 Å². The maximum absolute atomic E-state index is 13.3. The number of likely N-dealkylation sites (N-methyl/N-ethyl adjacent to an activating group) is 2. The molecular formula is C44H58N6O8. The van der Waals surface area contributed by atoms with Crippen molar-refractivity contribution in [3.63, 3.8) is 0 Å². The number of aliphatic hydroxyl groups excluding tert-OH is 2. The van der Waals surface area contributed by atoms with E-state index in [1.807, 2.05) is 38.1 Å². The predicted octanol–water partition coefficient (Wildman–Crippen LogP) is 2.52. The molecule has 14 heteroatoms. The Morgan fingerprint density at radius 1 is 0.638 bits per heavy atom. The van der Waals surface area contributed by atoms with E-state index in [2.05, 4.69) is 0 Å². The van der Waals surface area contributed by atoms with E-state index in [9.17, 15) is 39.0 Å². The van der Waals surface area contributed by atoms with Gasteiger partial charge in [0.05, 0.1) is 12.1 Å². The van der Waals surface area contributed by atoms with Gasteiger partial charge in [-0.2, -0.15) is 0 Å². The number of aliphatic hydroxyl groups is 2. The number of hydrogen-bond acceptors (Lipinski definition) is 8. The molecule has 6 heterocycles. The summed E-state index contributed by atoms with van der Waals surface area (Å²) >= 11 is 0. The first-order valence-electron chi connectivity index (χ1n) is 20.8. The van der Waals surface area contributed by atoms with Crippen molar-refractivity contribution in [2.75, 3.05) is 41.4 Å². The fourth-order valence-corrected chi connectivity index (χ4v) is 10.0. The SMILES string of the molecule is C/C=C/c1ccc2n(c1=O)C[C@@H]1[C@@H](CO)[C@H](C(=O)N(C)C)N(C(=O)CC3CC3)[C@H]21.C/C=C\c1ccc2n(c1=O)C[C@@H]1[C@@H](CO)[C@H](C(=O)N(C)C)N(C(=O)CC3CC3)[C@H]21. The molecule has 0 spiro atoms. The van der Waals surface area contributed by atoms with E-state index in [-0.39, 0.29) is 83.7 Å². The zero-order valence-electron chi connectivity index (χ0n) is 34.5. The molecule has 0 aromatic carbocycles. The van der Waals surface area contributed by atoms with Crippen LogP contribution in [0.1, 0.15) is 87.0 Å². The second-order valence-electron chi connectivity index (χ2n) is 17.4. The number of hydrogen-bond donors (Lipinski definition) is 2. The Bertz CT molecular complexity index is 1980. The monoisotopic (exact) mass is 798 g/mol. The summed E-state index contributed by atoms with van der Waals surface area (Å²) in [5.41, 5.74) is 2.57. The van der Waals surface area contributed by atoms with Crippen LogP contribution in [-0.4, -0.2) is 116 Å². The molecule has 2 aromatic heterocycles. The van der Waals surface area contributed by atoms with E-state index in [4.69, 9.17) is 0 Å². The topological polar surface area (TPSA) is 166 Å². The van der Waals surface area contributed by atoms with Gasteiger partial charge in [-0.15, -0.1) is 0 Å². The summed E-state index contributed by atoms with van der Waals surface area (Å²) in [4.78, 5) is 84.8. The van der Waals surface area contributed by atoms with Crippen molar-refractivity contribution < 1.29 is 29.4 Å². The van der Waals surface area contributed by atoms with Crippen LogP contribution in [0.4, 0.5) is 0 Å². The lowest BCUT2D eigenvalue weighted by Gasteiger charge is -2.32. The van der Waals surface area contributed by atoms with Gasteiger partial charge in [0.1, 0.15) is 12.1 Å². The second kappa shape index (κ2) is 16.4. The standard InChI is InChI=1S/2C22H29N3O4/c2*1-4-5-14-8-9-17-19-15(11-24(17)21(14)28)16(12-26)20(22(29)23(2)3)25(19)18(27)10-13-6-7-13/h2*4-5,8-9,13,15-16,19-20,26H,6-7,10-12H2,1-3H3/b5-4+;5-4-/t2*15-,16-,19+,20-/m11/s1. The summed E-state index contributed by atoms with van der Waals surface area (Å²) in [5.74, 6) is -0.700. The summed E-state index contributed by atoms with van der Waals surface area (Å²) < 4.78 is 3.45. The molecule has 2 aromatic rings. The van der Waals surface area contributed by atoms with Crippen LogP contribution in [0.15, 0.2) is 46.0 Å². The van der Waals surface area contributed by atoms with E-state index in [1.54, 1.807) is 71.4 Å². The van der Waals surface area contributed by atoms with Crippen molar-refractivity contribution in [2.45, 2.75) is 89.6 Å². The fraction of sp³-hybridized carbons (Fsp3) is 0.591. The number of rotatable bonds is 10. The minimum absolute atomic E-state index is 0.0444. The van der Waals surface area contributed by atoms with Gasteiger partial charge in [0, 0.05) is 114 Å². The molecule has 0 radical (unpaired) electrons. The number of carbonyl (C=O) groups is 4. The van der Waals surface area contributed by atoms with E-state index < -0.39 is 12.1 Å². The normalized spacial score (nSPS) is 27.9. The van der Waals surface area contributed by atoms with Crippen LogP contribution in [-0.2, 0) is 32.3 Å². The molecule has 2 aliphatic carbocycles. The van der Waals surface area contributed by atoms with E-state index in [1.165, 1.54) is 9.80 Å². The molecule has 8 atom stereocenters. The molecule has 2 N–H and O–H groups in total. The minimum Gasteiger partial charge on any atom is -0.396 e. The molecule has 8 rings (SSSR count). The largest absolute Gasteiger partial charge is 0.396 e. The lowest BCUT2D eigenvalue weighted by Crippen LogP contribution is -2.50. The number of carbonyl (C=O) groups excluding carboxylic acids is 4. The van der Waals surface area contributed by atoms with Gasteiger partial charge in [0.2, 0.25) is 23.6 Å². The highest BCUT2D eigenvalue weighted by molar-refractivity contribution is 5.90. The van der Waals surface area contributed by atoms with Gasteiger partial charge in [0.15, 0.2) is 0 Å². The van der Waals surface area contributed by atoms with Crippen LogP contribution in [0.3, 0.4) is 0 Å². The quantitative estimate of drug-likeness (QED) is 0.370. The Labute approximate surface area is 339 Å². The molecule has 2 saturated heterocycles. The van der Waals surface area contributed by atoms with Crippen LogP contribution in [0.25, 0.3) is 12.2 Å². The van der Waals surface area contributed by atoms with Gasteiger partial charge >= 0.3 is 0 Å². The third kappa shape index (κ3) is 7.27. The summed E-state index contributed by atoms with van der Waals surface area (Å²) in [6, 6.07) is 5.31. The fourth-order valence-electron chi connectivity index (χ4n) is 10.0. The van der Waals surface area contributed by atoms with Gasteiger partial charge in [-0.05, 0) is 75.6 Å². The van der Waals surface area contributed by atoms with Crippen molar-refractivity contribution in [1.29, 1.82) is 0 Å². The average molecular weight is 799 g/mol. The molecule has 2 saturated carbocycles. The third-order valence-electron chi connectivity index (χ3n) is 13.2. The smallest absolute Gasteiger partial charge is 0.258 e. The molecule has 6 aliphatic rings. The number of fused-ring (bicyclic) bond motifs is 6. The highest BCUT2D eigenvalue weighted by Crippen LogP contribution is 2.52. The number of aromatic nitrogens is 2. The van der Waals surface area contributed by atoms with Crippen LogP contribution in [0, 0.1) is 35.5 Å². The van der Waals surface area contributed by atoms with Crippen molar-refractivity contribution >= 4 is 35.8 Å². The first-order chi connectivity index (χ1) is 27.8. The summed E-state index contributed by atoms with van der Waals surface area (Å²) in [6.45, 7) is 4.18. The third-order valence-corrected chi connectivity index (χ3v) is 13.2. The molecule has 0 bridgehead atoms. The minimum atomic E-state index is -0.685. The van der Waals surface area contributed by atoms with Crippen molar-refractivity contribution in [3.05, 3.63) is 79.6 Å². The van der Waals surface area contributed by atoms with Crippen LogP contribution in [0.2, 0.25) is 0 Å². The lowest BCUT2D eigenvalue weighted by molar-refractivity contribution is -0.145. The second-order valence-corrected chi connectivity index (χ2v) is 17.4. The summed E-state index contributed by atoms with van der Waals surface area (Å²) in [6.07, 6.45) is 12.3. The number of allylic oxidation sites excluding steroid dienone is 2. The van der Waals surface area contributed by atoms with E-state index in [0.717, 1.165) is 37.1 Å². The molecule has 14 nitrogen and oxygen atoms in total. The van der Waals surface area contributed by atoms with Crippen molar-refractivity contribution in [2.24, 2.45) is 35.5 Å². The Kier molecular flexibility index (Phi) is 11.7. The first kappa shape index (κ1) is 41.3. The lowest BCUT2D eigenvalue weighted by atomic mass is 9.88. The molecule has 4 amide bonds. The zero-order chi connectivity index (χ0) is 41.7. The number of amides is 4. The number of nitrogens with zero attached hydrogens (tertiary/aromatic N) is 6. The molecule has 312 valence electrons. The van der Waals surface area contributed by atoms with Gasteiger partial charge < -0.3 is 38.9 Å². The summed E-state index contributed by atoms with van der Waals surface area (Å²) in [5, 5.41) is 20.4. The predicted molar refractivity (Wildman–Crippen MR) is 218 cm³/mol. The zero-order valence-corrected chi connectivity index (χ0v) is 34.5. The van der Waals surface area contributed by atoms with Crippen LogP contribution in [0.5, 0.6) is 0 Å². The average Bonchev–Trinajstić information content (AvgIpc) is 4.05. The first-order valence-corrected chi connectivity index (χ1v) is 20.8. The van der Waals surface area contributed by atoms with Crippen LogP contribution < -0.4 is 11.1 Å².